The van der Waals surface area contributed by atoms with Gasteiger partial charge in [0.15, 0.2) is 0 Å². The Labute approximate surface area is 742 Å². The second kappa shape index (κ2) is 49.2. The van der Waals surface area contributed by atoms with Crippen LogP contribution in [0.25, 0.3) is 0 Å². The second-order valence-corrected chi connectivity index (χ2v) is 54.6. The normalized spacial score (nSPS) is 10.8. The van der Waals surface area contributed by atoms with Gasteiger partial charge in [-0.3, -0.25) is 0 Å². The molecule has 0 aromatic heterocycles. The molecule has 15 rings (SSSR count). The molecule has 0 heterocycles. The van der Waals surface area contributed by atoms with Crippen LogP contribution in [0.15, 0.2) is 405 Å². The predicted octanol–water partition coefficient (Wildman–Crippen LogP) is 23.2. The molecule has 0 radical (unpaired) electrons. The van der Waals surface area contributed by atoms with Gasteiger partial charge >= 0.3 is 108 Å². The molecule has 0 aliphatic rings. The Morgan fingerprint density at radius 2 is 0.483 bits per heavy atom. The van der Waals surface area contributed by atoms with Crippen LogP contribution in [0.3, 0.4) is 0 Å². The first-order valence-corrected chi connectivity index (χ1v) is 56.2. The third-order valence-corrected chi connectivity index (χ3v) is 36.0. The Bertz CT molecular complexity index is 4740. The summed E-state index contributed by atoms with van der Waals surface area (Å²) in [5, 5.41) is 25.6. The van der Waals surface area contributed by atoms with Gasteiger partial charge < -0.3 is 9.29 Å². The zero-order valence-corrected chi connectivity index (χ0v) is 79.1. The van der Waals surface area contributed by atoms with Gasteiger partial charge in [-0.2, -0.15) is 21.6 Å². The van der Waals surface area contributed by atoms with Crippen molar-refractivity contribution in [2.75, 3.05) is 0 Å². The van der Waals surface area contributed by atoms with Crippen LogP contribution in [0, 0.1) is 55.4 Å². The van der Waals surface area contributed by atoms with Crippen molar-refractivity contribution >= 4 is 149 Å². The number of carboxylic acid groups (broad SMARTS) is 1. The summed E-state index contributed by atoms with van der Waals surface area (Å²) in [6.07, 6.45) is 0. The molecular formula is C104H104BrF3O5P4PdSSn. The van der Waals surface area contributed by atoms with Gasteiger partial charge in [-0.15, -0.1) is 0 Å². The average molecular weight is 1950 g/mol. The van der Waals surface area contributed by atoms with Crippen molar-refractivity contribution in [3.63, 3.8) is 0 Å². The fraction of sp³-hybridized carbons (Fsp3) is 0.125. The summed E-state index contributed by atoms with van der Waals surface area (Å²) in [4.78, 5) is 18.1. The molecule has 0 fully saturated rings. The largest absolute Gasteiger partial charge is 0.534 e. The monoisotopic (exact) mass is 1950 g/mol. The van der Waals surface area contributed by atoms with Crippen LogP contribution in [0.2, 0.25) is 14.8 Å². The number of carbonyl (C=O) groups is 1. The van der Waals surface area contributed by atoms with E-state index in [1.807, 2.05) is 0 Å². The SMILES string of the molecule is C.Cc1c[c]([Sn]([CH3])([CH3])[CH3])cc(C)c1C.Cc1cc(Br)cc(C)c1C(=O)O.Cc1cc(OS(=O)(=O)C(F)(F)F)cc(C)c1C.[Pd].c1ccc(P(c2ccccc2)c2ccccc2)cc1.c1ccc(P(c2ccccc2)c2ccccc2)cc1.c1ccc(P(c2ccccc2)c2ccccc2)cc1.c1ccc(P(c2ccccc2)c2ccccc2)cc1. The molecule has 0 amide bonds. The first kappa shape index (κ1) is 98.1. The van der Waals surface area contributed by atoms with Crippen molar-refractivity contribution < 1.29 is 56.1 Å². The average Bonchev–Trinajstić information content (AvgIpc) is 0.778. The van der Waals surface area contributed by atoms with Crippen molar-refractivity contribution in [3.05, 3.63) is 455 Å². The summed E-state index contributed by atoms with van der Waals surface area (Å²) < 4.78 is 64.4. The predicted molar refractivity (Wildman–Crippen MR) is 518 cm³/mol. The molecule has 0 bridgehead atoms. The Morgan fingerprint density at radius 3 is 0.633 bits per heavy atom. The molecule has 16 heteroatoms. The maximum Gasteiger partial charge on any atom is 0.534 e. The number of hydrogen-bond donors (Lipinski definition) is 1. The van der Waals surface area contributed by atoms with E-state index in [0.29, 0.717) is 16.7 Å². The summed E-state index contributed by atoms with van der Waals surface area (Å²) in [6, 6.07) is 140. The molecule has 0 unspecified atom stereocenters. The zero-order chi connectivity index (χ0) is 84.6. The van der Waals surface area contributed by atoms with Gasteiger partial charge in [0.25, 0.3) is 0 Å². The summed E-state index contributed by atoms with van der Waals surface area (Å²) in [5.41, 5.74) is 3.14. The summed E-state index contributed by atoms with van der Waals surface area (Å²) in [5.74, 6) is -1.19. The van der Waals surface area contributed by atoms with Gasteiger partial charge in [0.1, 0.15) is 5.75 Å². The third kappa shape index (κ3) is 29.7. The van der Waals surface area contributed by atoms with Gasteiger partial charge in [0.05, 0.1) is 5.56 Å². The van der Waals surface area contributed by atoms with E-state index in [2.05, 4.69) is 432 Å². The van der Waals surface area contributed by atoms with Crippen LogP contribution >= 0.6 is 47.6 Å². The minimum Gasteiger partial charge on any atom is -0.478 e. The number of benzene rings is 15. The van der Waals surface area contributed by atoms with E-state index < -0.39 is 71.7 Å². The van der Waals surface area contributed by atoms with Gasteiger partial charge in [-0.1, -0.05) is 387 Å². The molecule has 0 saturated carbocycles. The van der Waals surface area contributed by atoms with E-state index >= 15 is 0 Å². The molecule has 0 aliphatic carbocycles. The van der Waals surface area contributed by atoms with E-state index in [1.54, 1.807) is 50.3 Å². The number of carboxylic acids is 1. The Hall–Kier alpha value is -9.03. The second-order valence-electron chi connectivity index (χ2n) is 28.7. The quantitative estimate of drug-likeness (QED) is 0.0451. The molecule has 1 N–H and O–H groups in total. The summed E-state index contributed by atoms with van der Waals surface area (Å²) in [6.45, 7) is 15.4. The van der Waals surface area contributed by atoms with Crippen LogP contribution in [0.4, 0.5) is 13.2 Å². The van der Waals surface area contributed by atoms with Crippen molar-refractivity contribution in [2.24, 2.45) is 0 Å². The van der Waals surface area contributed by atoms with E-state index in [-0.39, 0.29) is 33.6 Å². The first-order chi connectivity index (χ1) is 56.7. The number of alkyl halides is 3. The summed E-state index contributed by atoms with van der Waals surface area (Å²) in [7, 11) is -7.38. The first-order valence-electron chi connectivity index (χ1n) is 38.7. The van der Waals surface area contributed by atoms with Crippen LogP contribution in [-0.4, -0.2) is 43.4 Å². The maximum atomic E-state index is 12.1. The molecule has 0 saturated heterocycles. The smallest absolute Gasteiger partial charge is 0.478 e. The number of aromatic carboxylic acids is 1. The van der Waals surface area contributed by atoms with Gasteiger partial charge in [-0.05, 0) is 182 Å². The van der Waals surface area contributed by atoms with Crippen molar-refractivity contribution in [1.82, 2.24) is 0 Å². The number of hydrogen-bond acceptors (Lipinski definition) is 4. The molecule has 15 aromatic carbocycles. The standard InChI is InChI=1S/4C18H15P.C10H11F3O3S.C9H9BrO2.C9H11.CH4.3CH3.Pd.Sn/c4*1-4-10-16(11-5-1)19(17-12-6-2-7-13-17)18-14-8-3-9-15-18;1-6-4-9(5-7(2)8(6)3)16-17(14,15)10(11,12)13;1-5-3-7(10)4-6(2)8(5)9(11)12;1-7-5-4-6-8(2)9(7)3;;;;;;/h4*1-15H;4-5H,1-3H3;3-4H,1-2H3,(H,11,12);5-6H,1-3H3;1H4;3*1H3;;. The van der Waals surface area contributed by atoms with Gasteiger partial charge in [0, 0.05) is 24.9 Å². The van der Waals surface area contributed by atoms with E-state index in [4.69, 9.17) is 5.11 Å². The fourth-order valence-electron chi connectivity index (χ4n) is 12.6. The van der Waals surface area contributed by atoms with Crippen LogP contribution < -0.4 is 71.4 Å². The maximum absolute atomic E-state index is 12.1. The van der Waals surface area contributed by atoms with Crippen LogP contribution in [-0.2, 0) is 30.5 Å². The minimum atomic E-state index is -5.60. The van der Waals surface area contributed by atoms with Crippen LogP contribution in [0.5, 0.6) is 5.75 Å². The van der Waals surface area contributed by atoms with Crippen LogP contribution in [0.1, 0.15) is 62.3 Å². The molecule has 0 aliphatic heterocycles. The number of halogens is 4. The summed E-state index contributed by atoms with van der Waals surface area (Å²) >= 11 is 1.47. The molecule has 0 atom stereocenters. The Morgan fingerprint density at radius 1 is 0.317 bits per heavy atom. The van der Waals surface area contributed by atoms with Crippen molar-refractivity contribution in [1.29, 1.82) is 0 Å². The zero-order valence-electron chi connectivity index (χ0n) is 68.7. The fourth-order valence-corrected chi connectivity index (χ4v) is 26.7. The number of aryl methyl sites for hydroxylation is 6. The molecule has 15 aromatic rings. The van der Waals surface area contributed by atoms with E-state index in [0.717, 1.165) is 21.2 Å². The Balaban J connectivity index is 0.000000194. The van der Waals surface area contributed by atoms with Crippen molar-refractivity contribution in [2.45, 2.75) is 83.1 Å². The molecule has 5 nitrogen and oxygen atoms in total. The molecular weight excluding hydrogens is 1850 g/mol. The minimum absolute atomic E-state index is 0. The van der Waals surface area contributed by atoms with Crippen molar-refractivity contribution in [3.8, 4) is 5.75 Å². The topological polar surface area (TPSA) is 80.7 Å². The molecule has 120 heavy (non-hydrogen) atoms. The Kier molecular flexibility index (Phi) is 40.2. The molecule has 618 valence electrons. The van der Waals surface area contributed by atoms with E-state index in [9.17, 15) is 26.4 Å². The van der Waals surface area contributed by atoms with E-state index in [1.165, 1.54) is 92.5 Å². The number of rotatable bonds is 16. The third-order valence-electron chi connectivity index (χ3n) is 19.1. The molecule has 0 spiro atoms. The van der Waals surface area contributed by atoms with Gasteiger partial charge in [0.2, 0.25) is 0 Å². The van der Waals surface area contributed by atoms with Gasteiger partial charge in [-0.25, -0.2) is 4.79 Å².